The molecular weight excluding hydrogens is 178 g/mol. The van der Waals surface area contributed by atoms with Gasteiger partial charge in [-0.3, -0.25) is 9.69 Å². The van der Waals surface area contributed by atoms with Gasteiger partial charge in [0.1, 0.15) is 6.04 Å². The number of hydrogen-bond acceptors (Lipinski definition) is 3. The van der Waals surface area contributed by atoms with E-state index in [2.05, 4.69) is 17.7 Å². The molecule has 2 unspecified atom stereocenters. The van der Waals surface area contributed by atoms with Crippen LogP contribution in [0.4, 0.5) is 0 Å². The summed E-state index contributed by atoms with van der Waals surface area (Å²) in [6.45, 7) is 3.01. The predicted octanol–water partition coefficient (Wildman–Crippen LogP) is 1.04. The lowest BCUT2D eigenvalue weighted by Crippen LogP contribution is -2.56. The normalized spacial score (nSPS) is 23.4. The molecule has 0 spiro atoms. The van der Waals surface area contributed by atoms with Crippen LogP contribution in [-0.2, 0) is 9.53 Å². The van der Waals surface area contributed by atoms with Crippen molar-refractivity contribution in [2.45, 2.75) is 38.3 Å². The number of esters is 1. The highest BCUT2D eigenvalue weighted by Crippen LogP contribution is 2.23. The fourth-order valence-electron chi connectivity index (χ4n) is 1.79. The van der Waals surface area contributed by atoms with Gasteiger partial charge in [0.25, 0.3) is 0 Å². The Bertz CT molecular complexity index is 244. The highest BCUT2D eigenvalue weighted by Gasteiger charge is 2.38. The van der Waals surface area contributed by atoms with Gasteiger partial charge in [0, 0.05) is 6.54 Å². The van der Waals surface area contributed by atoms with Crippen molar-refractivity contribution in [1.29, 1.82) is 0 Å². The van der Waals surface area contributed by atoms with Crippen LogP contribution in [-0.4, -0.2) is 36.6 Å². The zero-order valence-electron chi connectivity index (χ0n) is 8.82. The molecule has 0 saturated carbocycles. The summed E-state index contributed by atoms with van der Waals surface area (Å²) in [4.78, 5) is 13.3. The van der Waals surface area contributed by atoms with Crippen molar-refractivity contribution in [2.75, 3.05) is 13.7 Å². The van der Waals surface area contributed by atoms with Crippen molar-refractivity contribution in [1.82, 2.24) is 4.90 Å². The number of hydrogen-bond donors (Lipinski definition) is 0. The zero-order valence-corrected chi connectivity index (χ0v) is 8.82. The van der Waals surface area contributed by atoms with E-state index in [4.69, 9.17) is 11.2 Å². The van der Waals surface area contributed by atoms with Gasteiger partial charge in [-0.2, -0.15) is 0 Å². The molecule has 1 heterocycles. The van der Waals surface area contributed by atoms with Crippen LogP contribution in [0.1, 0.15) is 26.2 Å². The van der Waals surface area contributed by atoms with E-state index in [1.807, 2.05) is 0 Å². The van der Waals surface area contributed by atoms with E-state index < -0.39 is 0 Å². The summed E-state index contributed by atoms with van der Waals surface area (Å²) in [6, 6.07) is -0.00884. The van der Waals surface area contributed by atoms with E-state index in [1.54, 1.807) is 0 Å². The third-order valence-electron chi connectivity index (χ3n) is 2.69. The van der Waals surface area contributed by atoms with Crippen LogP contribution in [0.5, 0.6) is 0 Å². The SMILES string of the molecule is C#CC(CCC)N1CCC1C(=O)OC. The minimum atomic E-state index is -0.160. The first kappa shape index (κ1) is 11.1. The van der Waals surface area contributed by atoms with E-state index in [1.165, 1.54) is 7.11 Å². The summed E-state index contributed by atoms with van der Waals surface area (Å²) in [5.74, 6) is 2.57. The Kier molecular flexibility index (Phi) is 3.97. The maximum atomic E-state index is 11.3. The molecule has 14 heavy (non-hydrogen) atoms. The van der Waals surface area contributed by atoms with Gasteiger partial charge in [-0.1, -0.05) is 19.3 Å². The molecule has 78 valence electrons. The van der Waals surface area contributed by atoms with Crippen LogP contribution in [0.15, 0.2) is 0 Å². The quantitative estimate of drug-likeness (QED) is 0.496. The molecule has 0 N–H and O–H groups in total. The third kappa shape index (κ3) is 2.08. The maximum Gasteiger partial charge on any atom is 0.323 e. The second kappa shape index (κ2) is 5.02. The van der Waals surface area contributed by atoms with Gasteiger partial charge in [0.15, 0.2) is 0 Å². The number of nitrogens with zero attached hydrogens (tertiary/aromatic N) is 1. The fourth-order valence-corrected chi connectivity index (χ4v) is 1.79. The molecule has 0 amide bonds. The summed E-state index contributed by atoms with van der Waals surface area (Å²) >= 11 is 0. The molecule has 3 heteroatoms. The minimum absolute atomic E-state index is 0.0952. The molecule has 0 radical (unpaired) electrons. The molecule has 0 aromatic rings. The Balaban J connectivity index is 2.52. The van der Waals surface area contributed by atoms with Gasteiger partial charge in [-0.25, -0.2) is 0 Å². The van der Waals surface area contributed by atoms with E-state index in [0.717, 1.165) is 25.8 Å². The van der Waals surface area contributed by atoms with E-state index in [0.29, 0.717) is 0 Å². The van der Waals surface area contributed by atoms with Gasteiger partial charge < -0.3 is 4.74 Å². The first-order valence-electron chi connectivity index (χ1n) is 5.04. The number of likely N-dealkylation sites (tertiary alicyclic amines) is 1. The van der Waals surface area contributed by atoms with Crippen LogP contribution in [0, 0.1) is 12.3 Å². The van der Waals surface area contributed by atoms with Crippen LogP contribution >= 0.6 is 0 Å². The summed E-state index contributed by atoms with van der Waals surface area (Å²) in [5, 5.41) is 0. The van der Waals surface area contributed by atoms with Crippen molar-refractivity contribution in [2.24, 2.45) is 0 Å². The number of methoxy groups -OCH3 is 1. The topological polar surface area (TPSA) is 29.5 Å². The highest BCUT2D eigenvalue weighted by atomic mass is 16.5. The molecule has 2 atom stereocenters. The van der Waals surface area contributed by atoms with Crippen molar-refractivity contribution in [3.63, 3.8) is 0 Å². The molecule has 1 aliphatic heterocycles. The average molecular weight is 195 g/mol. The molecule has 0 bridgehead atoms. The standard InChI is InChI=1S/C11H17NO2/c1-4-6-9(5-2)12-8-7-10(12)11(13)14-3/h2,9-10H,4,6-8H2,1,3H3. The van der Waals surface area contributed by atoms with Gasteiger partial charge in [0.2, 0.25) is 0 Å². The lowest BCUT2D eigenvalue weighted by Gasteiger charge is -2.42. The molecule has 0 aliphatic carbocycles. The van der Waals surface area contributed by atoms with E-state index in [-0.39, 0.29) is 18.1 Å². The first-order chi connectivity index (χ1) is 6.74. The van der Waals surface area contributed by atoms with Gasteiger partial charge in [-0.15, -0.1) is 6.42 Å². The summed E-state index contributed by atoms with van der Waals surface area (Å²) in [7, 11) is 1.42. The van der Waals surface area contributed by atoms with Crippen LogP contribution in [0.2, 0.25) is 0 Å². The number of ether oxygens (including phenoxy) is 1. The molecule has 0 aromatic heterocycles. The van der Waals surface area contributed by atoms with Gasteiger partial charge >= 0.3 is 5.97 Å². The Hall–Kier alpha value is -1.01. The molecule has 1 aliphatic rings. The number of carbonyl (C=O) groups excluding carboxylic acids is 1. The molecule has 1 rings (SSSR count). The summed E-state index contributed by atoms with van der Waals surface area (Å²) in [6.07, 6.45) is 8.29. The van der Waals surface area contributed by atoms with Gasteiger partial charge in [0.05, 0.1) is 13.2 Å². The second-order valence-electron chi connectivity index (χ2n) is 3.54. The number of carbonyl (C=O) groups is 1. The molecule has 3 nitrogen and oxygen atoms in total. The molecular formula is C11H17NO2. The molecule has 1 fully saturated rings. The number of terminal acetylenes is 1. The molecule has 1 saturated heterocycles. The highest BCUT2D eigenvalue weighted by molar-refractivity contribution is 5.76. The van der Waals surface area contributed by atoms with E-state index >= 15 is 0 Å². The van der Waals surface area contributed by atoms with Crippen LogP contribution in [0.3, 0.4) is 0 Å². The Morgan fingerprint density at radius 1 is 1.79 bits per heavy atom. The number of rotatable bonds is 4. The summed E-state index contributed by atoms with van der Waals surface area (Å²) in [5.41, 5.74) is 0. The van der Waals surface area contributed by atoms with Crippen LogP contribution in [0.25, 0.3) is 0 Å². The fraction of sp³-hybridized carbons (Fsp3) is 0.727. The van der Waals surface area contributed by atoms with Gasteiger partial charge in [-0.05, 0) is 12.8 Å². The average Bonchev–Trinajstić information content (AvgIpc) is 2.15. The third-order valence-corrected chi connectivity index (χ3v) is 2.69. The van der Waals surface area contributed by atoms with Crippen molar-refractivity contribution >= 4 is 5.97 Å². The summed E-state index contributed by atoms with van der Waals surface area (Å²) < 4.78 is 4.71. The largest absolute Gasteiger partial charge is 0.468 e. The Labute approximate surface area is 85.4 Å². The smallest absolute Gasteiger partial charge is 0.323 e. The maximum absolute atomic E-state index is 11.3. The van der Waals surface area contributed by atoms with Crippen molar-refractivity contribution in [3.8, 4) is 12.3 Å². The first-order valence-corrected chi connectivity index (χ1v) is 5.04. The van der Waals surface area contributed by atoms with Crippen molar-refractivity contribution in [3.05, 3.63) is 0 Å². The minimum Gasteiger partial charge on any atom is -0.468 e. The lowest BCUT2D eigenvalue weighted by molar-refractivity contribution is -0.153. The monoisotopic (exact) mass is 195 g/mol. The Morgan fingerprint density at radius 3 is 2.86 bits per heavy atom. The van der Waals surface area contributed by atoms with Crippen LogP contribution < -0.4 is 0 Å². The molecule has 0 aromatic carbocycles. The van der Waals surface area contributed by atoms with Crippen molar-refractivity contribution < 1.29 is 9.53 Å². The zero-order chi connectivity index (χ0) is 10.6. The lowest BCUT2D eigenvalue weighted by atomic mass is 9.98. The van der Waals surface area contributed by atoms with E-state index in [9.17, 15) is 4.79 Å². The second-order valence-corrected chi connectivity index (χ2v) is 3.54. The Morgan fingerprint density at radius 2 is 2.50 bits per heavy atom. The predicted molar refractivity (Wildman–Crippen MR) is 54.7 cm³/mol.